The molecule has 1 atom stereocenters. The van der Waals surface area contributed by atoms with E-state index in [0.717, 1.165) is 11.3 Å². The largest absolute Gasteiger partial charge is 0.464 e. The Kier molecular flexibility index (Phi) is 1.27. The third-order valence-corrected chi connectivity index (χ3v) is 2.14. The first-order valence-electron chi connectivity index (χ1n) is 4.13. The maximum atomic E-state index is 5.66. The summed E-state index contributed by atoms with van der Waals surface area (Å²) in [7, 11) is 0. The van der Waals surface area contributed by atoms with Crippen LogP contribution in [0.3, 0.4) is 0 Å². The van der Waals surface area contributed by atoms with Crippen LogP contribution in [0, 0.1) is 0 Å². The van der Waals surface area contributed by atoms with E-state index < -0.39 is 0 Å². The third-order valence-electron chi connectivity index (χ3n) is 2.14. The van der Waals surface area contributed by atoms with Crippen molar-refractivity contribution in [1.82, 2.24) is 20.2 Å². The highest BCUT2D eigenvalue weighted by Gasteiger charge is 2.30. The molecule has 0 spiro atoms. The fourth-order valence-electron chi connectivity index (χ4n) is 1.47. The van der Waals surface area contributed by atoms with Crippen LogP contribution in [0.15, 0.2) is 24.5 Å². The molecule has 6 heteroatoms. The molecule has 6 nitrogen and oxygen atoms in total. The van der Waals surface area contributed by atoms with E-state index in [2.05, 4.69) is 15.5 Å². The number of anilines is 1. The van der Waals surface area contributed by atoms with E-state index in [4.69, 9.17) is 10.5 Å². The molecule has 1 unspecified atom stereocenters. The van der Waals surface area contributed by atoms with Gasteiger partial charge in [0.25, 0.3) is 0 Å². The average Bonchev–Trinajstić information content (AvgIpc) is 2.64. The summed E-state index contributed by atoms with van der Waals surface area (Å²) in [6, 6.07) is 5.51. The molecule has 0 saturated carbocycles. The van der Waals surface area contributed by atoms with Gasteiger partial charge in [0, 0.05) is 5.69 Å². The van der Waals surface area contributed by atoms with E-state index in [0.29, 0.717) is 5.69 Å². The van der Waals surface area contributed by atoms with Crippen molar-refractivity contribution < 1.29 is 4.74 Å². The smallest absolute Gasteiger partial charge is 0.224 e. The van der Waals surface area contributed by atoms with Gasteiger partial charge in [-0.3, -0.25) is 0 Å². The third kappa shape index (κ3) is 0.875. The van der Waals surface area contributed by atoms with Gasteiger partial charge in [-0.25, -0.2) is 0 Å². The quantitative estimate of drug-likeness (QED) is 0.648. The van der Waals surface area contributed by atoms with Gasteiger partial charge < -0.3 is 10.5 Å². The lowest BCUT2D eigenvalue weighted by molar-refractivity contribution is 0.102. The molecule has 1 aliphatic rings. The molecule has 1 aliphatic heterocycles. The molecule has 0 aliphatic carbocycles. The van der Waals surface area contributed by atoms with Crippen LogP contribution in [0.2, 0.25) is 0 Å². The molecule has 2 N–H and O–H groups in total. The Morgan fingerprint density at radius 1 is 1.43 bits per heavy atom. The van der Waals surface area contributed by atoms with E-state index in [1.54, 1.807) is 10.7 Å². The Morgan fingerprint density at radius 2 is 2.36 bits per heavy atom. The highest BCUT2D eigenvalue weighted by molar-refractivity contribution is 5.52. The summed E-state index contributed by atoms with van der Waals surface area (Å²) >= 11 is 0. The first-order chi connectivity index (χ1) is 6.84. The number of benzene rings is 1. The number of nitrogen functional groups attached to an aromatic ring is 1. The first-order valence-corrected chi connectivity index (χ1v) is 4.13. The summed E-state index contributed by atoms with van der Waals surface area (Å²) in [5.41, 5.74) is 7.38. The minimum atomic E-state index is -0.233. The van der Waals surface area contributed by atoms with Crippen molar-refractivity contribution in [2.45, 2.75) is 6.23 Å². The molecule has 1 aromatic heterocycles. The normalized spacial score (nSPS) is 18.1. The van der Waals surface area contributed by atoms with Gasteiger partial charge in [0.1, 0.15) is 12.1 Å². The molecule has 70 valence electrons. The van der Waals surface area contributed by atoms with Gasteiger partial charge in [-0.15, -0.1) is 5.10 Å². The SMILES string of the molecule is Nc1ccc2c(c1)C(n1cnnn1)O2. The van der Waals surface area contributed by atoms with Gasteiger partial charge in [0.05, 0.1) is 5.56 Å². The maximum Gasteiger partial charge on any atom is 0.224 e. The lowest BCUT2D eigenvalue weighted by Crippen LogP contribution is -2.26. The van der Waals surface area contributed by atoms with Crippen LogP contribution in [-0.4, -0.2) is 20.2 Å². The topological polar surface area (TPSA) is 78.9 Å². The standard InChI is InChI=1S/C8H7N5O/c9-5-1-2-7-6(3-5)8(14-7)13-4-10-11-12-13/h1-4,8H,9H2. The Bertz CT molecular complexity index is 467. The predicted octanol–water partition coefficient (Wildman–Crippen LogP) is 0.195. The summed E-state index contributed by atoms with van der Waals surface area (Å²) in [5, 5.41) is 10.8. The lowest BCUT2D eigenvalue weighted by Gasteiger charge is -2.30. The number of fused-ring (bicyclic) bond motifs is 1. The van der Waals surface area contributed by atoms with Gasteiger partial charge >= 0.3 is 0 Å². The Labute approximate surface area is 79.3 Å². The fraction of sp³-hybridized carbons (Fsp3) is 0.125. The average molecular weight is 189 g/mol. The van der Waals surface area contributed by atoms with Crippen molar-refractivity contribution in [2.24, 2.45) is 0 Å². The molecular weight excluding hydrogens is 182 g/mol. The minimum absolute atomic E-state index is 0.233. The molecule has 2 heterocycles. The van der Waals surface area contributed by atoms with Gasteiger partial charge in [-0.05, 0) is 28.6 Å². The number of nitrogens with two attached hydrogens (primary N) is 1. The molecule has 14 heavy (non-hydrogen) atoms. The summed E-state index contributed by atoms with van der Waals surface area (Å²) in [4.78, 5) is 0. The van der Waals surface area contributed by atoms with Crippen molar-refractivity contribution in [2.75, 3.05) is 5.73 Å². The Morgan fingerprint density at radius 3 is 3.14 bits per heavy atom. The molecule has 2 aromatic rings. The minimum Gasteiger partial charge on any atom is -0.464 e. The number of ether oxygens (including phenoxy) is 1. The van der Waals surface area contributed by atoms with E-state index in [1.165, 1.54) is 6.33 Å². The number of hydrogen-bond acceptors (Lipinski definition) is 5. The summed E-state index contributed by atoms with van der Waals surface area (Å²) in [6.07, 6.45) is 1.28. The molecule has 3 rings (SSSR count). The van der Waals surface area contributed by atoms with Crippen LogP contribution in [0.25, 0.3) is 0 Å². The molecule has 0 bridgehead atoms. The van der Waals surface area contributed by atoms with E-state index in [-0.39, 0.29) is 6.23 Å². The molecule has 0 saturated heterocycles. The summed E-state index contributed by atoms with van der Waals surface area (Å²) in [5.74, 6) is 0.833. The Balaban J connectivity index is 2.02. The van der Waals surface area contributed by atoms with Crippen LogP contribution in [0.5, 0.6) is 5.75 Å². The molecule has 0 fully saturated rings. The second-order valence-corrected chi connectivity index (χ2v) is 3.06. The Hall–Kier alpha value is -2.11. The van der Waals surface area contributed by atoms with Crippen molar-refractivity contribution in [3.05, 3.63) is 30.1 Å². The zero-order valence-electron chi connectivity index (χ0n) is 7.16. The van der Waals surface area contributed by atoms with Gasteiger partial charge in [0.2, 0.25) is 6.23 Å². The van der Waals surface area contributed by atoms with Crippen LogP contribution in [0.1, 0.15) is 11.8 Å². The van der Waals surface area contributed by atoms with E-state index in [9.17, 15) is 0 Å². The molecular formula is C8H7N5O. The van der Waals surface area contributed by atoms with Crippen LogP contribution >= 0.6 is 0 Å². The van der Waals surface area contributed by atoms with E-state index in [1.807, 2.05) is 12.1 Å². The second kappa shape index (κ2) is 2.44. The summed E-state index contributed by atoms with van der Waals surface area (Å²) in [6.45, 7) is 0. The zero-order chi connectivity index (χ0) is 9.54. The van der Waals surface area contributed by atoms with Crippen molar-refractivity contribution in [3.8, 4) is 5.75 Å². The van der Waals surface area contributed by atoms with Crippen molar-refractivity contribution in [1.29, 1.82) is 0 Å². The summed E-state index contributed by atoms with van der Waals surface area (Å²) < 4.78 is 6.99. The highest BCUT2D eigenvalue weighted by atomic mass is 16.5. The van der Waals surface area contributed by atoms with Crippen LogP contribution in [0.4, 0.5) is 5.69 Å². The number of tetrazole rings is 1. The van der Waals surface area contributed by atoms with Gasteiger partial charge in [-0.1, -0.05) is 0 Å². The van der Waals surface area contributed by atoms with Crippen molar-refractivity contribution in [3.63, 3.8) is 0 Å². The fourth-order valence-corrected chi connectivity index (χ4v) is 1.47. The maximum absolute atomic E-state index is 5.66. The lowest BCUT2D eigenvalue weighted by atomic mass is 10.1. The van der Waals surface area contributed by atoms with Gasteiger partial charge in [-0.2, -0.15) is 4.68 Å². The van der Waals surface area contributed by atoms with Crippen molar-refractivity contribution >= 4 is 5.69 Å². The molecule has 0 amide bonds. The first kappa shape index (κ1) is 7.31. The van der Waals surface area contributed by atoms with E-state index >= 15 is 0 Å². The van der Waals surface area contributed by atoms with Gasteiger partial charge in [0.15, 0.2) is 0 Å². The monoisotopic (exact) mass is 189 g/mol. The number of nitrogens with zero attached hydrogens (tertiary/aromatic N) is 4. The predicted molar refractivity (Wildman–Crippen MR) is 47.4 cm³/mol. The second-order valence-electron chi connectivity index (χ2n) is 3.06. The number of hydrogen-bond donors (Lipinski definition) is 1. The highest BCUT2D eigenvalue weighted by Crippen LogP contribution is 2.40. The number of rotatable bonds is 1. The zero-order valence-corrected chi connectivity index (χ0v) is 7.16. The molecule has 0 radical (unpaired) electrons. The van der Waals surface area contributed by atoms with Crippen LogP contribution < -0.4 is 10.5 Å². The number of aromatic nitrogens is 4. The molecule has 1 aromatic carbocycles. The van der Waals surface area contributed by atoms with Crippen LogP contribution in [-0.2, 0) is 0 Å².